The quantitative estimate of drug-likeness (QED) is 0.488. The van der Waals surface area contributed by atoms with E-state index in [1.54, 1.807) is 0 Å². The van der Waals surface area contributed by atoms with Gasteiger partial charge in [0.25, 0.3) is 0 Å². The smallest absolute Gasteiger partial charge is 0.237 e. The molecule has 1 atom stereocenters. The maximum atomic E-state index is 11.5. The Kier molecular flexibility index (Phi) is 5.37. The van der Waals surface area contributed by atoms with Gasteiger partial charge in [-0.15, -0.1) is 0 Å². The lowest BCUT2D eigenvalue weighted by Crippen LogP contribution is -2.44. The van der Waals surface area contributed by atoms with Crippen LogP contribution in [0.15, 0.2) is 0 Å². The van der Waals surface area contributed by atoms with E-state index in [1.807, 2.05) is 0 Å². The number of aliphatic hydroxyl groups is 1. The monoisotopic (exact) mass is 243 g/mol. The lowest BCUT2D eigenvalue weighted by atomic mass is 9.87. The minimum absolute atomic E-state index is 0.130. The average Bonchev–Trinajstić information content (AvgIpc) is 2.27. The van der Waals surface area contributed by atoms with Gasteiger partial charge in [0, 0.05) is 6.54 Å². The molecule has 6 heteroatoms. The molecule has 0 radical (unpaired) electrons. The fourth-order valence-corrected chi connectivity index (χ4v) is 2.03. The number of primary amides is 1. The molecular formula is C11H21N3O3. The fourth-order valence-electron chi connectivity index (χ4n) is 2.03. The maximum Gasteiger partial charge on any atom is 0.237 e. The van der Waals surface area contributed by atoms with Crippen LogP contribution >= 0.6 is 0 Å². The number of aliphatic hydroxyl groups excluding tert-OH is 1. The van der Waals surface area contributed by atoms with Crippen molar-refractivity contribution in [2.75, 3.05) is 6.54 Å². The van der Waals surface area contributed by atoms with Gasteiger partial charge in [0.2, 0.25) is 11.8 Å². The van der Waals surface area contributed by atoms with Crippen molar-refractivity contribution < 1.29 is 14.7 Å². The molecule has 1 fully saturated rings. The number of rotatable bonds is 5. The standard InChI is InChI=1S/C11H21N3O3/c12-9(5-10(13)16)11(17)14-6-7-1-3-8(15)4-2-7/h7-9,15H,1-6,12H2,(H2,13,16)(H,14,17). The van der Waals surface area contributed by atoms with E-state index < -0.39 is 11.9 Å². The van der Waals surface area contributed by atoms with E-state index in [2.05, 4.69) is 5.32 Å². The van der Waals surface area contributed by atoms with E-state index in [0.29, 0.717) is 12.5 Å². The highest BCUT2D eigenvalue weighted by atomic mass is 16.3. The number of nitrogens with one attached hydrogen (secondary N) is 1. The van der Waals surface area contributed by atoms with Crippen molar-refractivity contribution in [3.63, 3.8) is 0 Å². The van der Waals surface area contributed by atoms with Gasteiger partial charge < -0.3 is 21.9 Å². The minimum Gasteiger partial charge on any atom is -0.393 e. The predicted molar refractivity (Wildman–Crippen MR) is 62.8 cm³/mol. The van der Waals surface area contributed by atoms with Gasteiger partial charge in [0.15, 0.2) is 0 Å². The van der Waals surface area contributed by atoms with Gasteiger partial charge in [-0.1, -0.05) is 0 Å². The molecule has 0 saturated heterocycles. The molecule has 6 N–H and O–H groups in total. The number of amides is 2. The van der Waals surface area contributed by atoms with Crippen LogP contribution in [0.2, 0.25) is 0 Å². The third kappa shape index (κ3) is 5.14. The summed E-state index contributed by atoms with van der Waals surface area (Å²) in [6.07, 6.45) is 3.06. The van der Waals surface area contributed by atoms with Gasteiger partial charge in [-0.3, -0.25) is 9.59 Å². The van der Waals surface area contributed by atoms with Gasteiger partial charge in [-0.05, 0) is 31.6 Å². The van der Waals surface area contributed by atoms with Crippen LogP contribution in [0.3, 0.4) is 0 Å². The van der Waals surface area contributed by atoms with Crippen molar-refractivity contribution in [1.82, 2.24) is 5.32 Å². The molecule has 0 aromatic heterocycles. The average molecular weight is 243 g/mol. The van der Waals surface area contributed by atoms with Crippen molar-refractivity contribution in [3.8, 4) is 0 Å². The molecule has 1 unspecified atom stereocenters. The second-order valence-electron chi connectivity index (χ2n) is 4.70. The van der Waals surface area contributed by atoms with Gasteiger partial charge >= 0.3 is 0 Å². The van der Waals surface area contributed by atoms with Crippen LogP contribution < -0.4 is 16.8 Å². The van der Waals surface area contributed by atoms with Crippen molar-refractivity contribution in [3.05, 3.63) is 0 Å². The topological polar surface area (TPSA) is 118 Å². The Labute approximate surface area is 101 Å². The number of carbonyl (C=O) groups is 2. The maximum absolute atomic E-state index is 11.5. The lowest BCUT2D eigenvalue weighted by Gasteiger charge is -2.25. The minimum atomic E-state index is -0.860. The third-order valence-electron chi connectivity index (χ3n) is 3.14. The number of hydrogen-bond acceptors (Lipinski definition) is 4. The van der Waals surface area contributed by atoms with Crippen LogP contribution in [0.5, 0.6) is 0 Å². The van der Waals surface area contributed by atoms with Gasteiger partial charge in [0.05, 0.1) is 18.6 Å². The molecule has 0 spiro atoms. The largest absolute Gasteiger partial charge is 0.393 e. The number of hydrogen-bond donors (Lipinski definition) is 4. The van der Waals surface area contributed by atoms with Crippen LogP contribution in [-0.2, 0) is 9.59 Å². The van der Waals surface area contributed by atoms with Crippen LogP contribution in [0.25, 0.3) is 0 Å². The summed E-state index contributed by atoms with van der Waals surface area (Å²) in [5.41, 5.74) is 10.5. The molecule has 2 amide bonds. The van der Waals surface area contributed by atoms with Crippen molar-refractivity contribution in [2.45, 2.75) is 44.2 Å². The molecule has 1 rings (SSSR count). The van der Waals surface area contributed by atoms with Crippen LogP contribution in [0.4, 0.5) is 0 Å². The zero-order valence-corrected chi connectivity index (χ0v) is 9.89. The van der Waals surface area contributed by atoms with E-state index in [0.717, 1.165) is 25.7 Å². The SMILES string of the molecule is NC(=O)CC(N)C(=O)NCC1CCC(O)CC1. The summed E-state index contributed by atoms with van der Waals surface area (Å²) in [5, 5.41) is 12.1. The Morgan fingerprint density at radius 2 is 1.88 bits per heavy atom. The highest BCUT2D eigenvalue weighted by Crippen LogP contribution is 2.23. The summed E-state index contributed by atoms with van der Waals surface area (Å²) in [7, 11) is 0. The zero-order chi connectivity index (χ0) is 12.8. The second-order valence-corrected chi connectivity index (χ2v) is 4.70. The van der Waals surface area contributed by atoms with E-state index >= 15 is 0 Å². The summed E-state index contributed by atoms with van der Waals surface area (Å²) in [5.74, 6) is -0.522. The molecule has 1 saturated carbocycles. The molecule has 1 aliphatic rings. The summed E-state index contributed by atoms with van der Waals surface area (Å²) in [4.78, 5) is 22.1. The molecule has 6 nitrogen and oxygen atoms in total. The van der Waals surface area contributed by atoms with Gasteiger partial charge in [-0.2, -0.15) is 0 Å². The summed E-state index contributed by atoms with van der Waals surface area (Å²) >= 11 is 0. The highest BCUT2D eigenvalue weighted by molar-refractivity contribution is 5.87. The van der Waals surface area contributed by atoms with Crippen LogP contribution in [0, 0.1) is 5.92 Å². The first-order chi connectivity index (χ1) is 7.99. The number of nitrogens with two attached hydrogens (primary N) is 2. The molecule has 0 bridgehead atoms. The fraction of sp³-hybridized carbons (Fsp3) is 0.818. The molecule has 1 aliphatic carbocycles. The van der Waals surface area contributed by atoms with Crippen LogP contribution in [-0.4, -0.2) is 35.6 Å². The third-order valence-corrected chi connectivity index (χ3v) is 3.14. The molecule has 17 heavy (non-hydrogen) atoms. The first kappa shape index (κ1) is 13.9. The van der Waals surface area contributed by atoms with E-state index in [-0.39, 0.29) is 18.4 Å². The predicted octanol–water partition coefficient (Wildman–Crippen LogP) is -1.14. The van der Waals surface area contributed by atoms with E-state index in [4.69, 9.17) is 11.5 Å². The summed E-state index contributed by atoms with van der Waals surface area (Å²) in [6.45, 7) is 0.554. The van der Waals surface area contributed by atoms with E-state index in [1.165, 1.54) is 0 Å². The Balaban J connectivity index is 2.21. The molecule has 98 valence electrons. The summed E-state index contributed by atoms with van der Waals surface area (Å²) < 4.78 is 0. The normalized spacial score (nSPS) is 26.2. The van der Waals surface area contributed by atoms with Crippen molar-refractivity contribution in [1.29, 1.82) is 0 Å². The highest BCUT2D eigenvalue weighted by Gasteiger charge is 2.21. The molecular weight excluding hydrogens is 222 g/mol. The first-order valence-corrected chi connectivity index (χ1v) is 5.98. The molecule has 0 heterocycles. The molecule has 0 aromatic rings. The van der Waals surface area contributed by atoms with Crippen molar-refractivity contribution >= 4 is 11.8 Å². The Hall–Kier alpha value is -1.14. The first-order valence-electron chi connectivity index (χ1n) is 5.98. The van der Waals surface area contributed by atoms with Crippen molar-refractivity contribution in [2.24, 2.45) is 17.4 Å². The van der Waals surface area contributed by atoms with Gasteiger partial charge in [-0.25, -0.2) is 0 Å². The Morgan fingerprint density at radius 1 is 1.29 bits per heavy atom. The molecule has 0 aromatic carbocycles. The summed E-state index contributed by atoms with van der Waals surface area (Å²) in [6, 6.07) is -0.860. The second kappa shape index (κ2) is 6.56. The van der Waals surface area contributed by atoms with Crippen LogP contribution in [0.1, 0.15) is 32.1 Å². The number of carbonyl (C=O) groups excluding carboxylic acids is 2. The zero-order valence-electron chi connectivity index (χ0n) is 9.89. The van der Waals surface area contributed by atoms with E-state index in [9.17, 15) is 14.7 Å². The Morgan fingerprint density at radius 3 is 2.41 bits per heavy atom. The lowest BCUT2D eigenvalue weighted by molar-refractivity contribution is -0.126. The Bertz CT molecular complexity index is 275. The van der Waals surface area contributed by atoms with Gasteiger partial charge in [0.1, 0.15) is 0 Å². The molecule has 0 aliphatic heterocycles.